The third-order valence-electron chi connectivity index (χ3n) is 3.59. The van der Waals surface area contributed by atoms with E-state index in [2.05, 4.69) is 4.98 Å². The SMILES string of the molecule is O=C(O)/C=C/c1cccc(S(=O)n2ccc3cc(/C=C/C(=O)O)cnc32)c1. The van der Waals surface area contributed by atoms with Crippen LogP contribution in [0, 0.1) is 0 Å². The maximum atomic E-state index is 12.9. The number of hydrogen-bond acceptors (Lipinski definition) is 4. The number of rotatable bonds is 6. The van der Waals surface area contributed by atoms with Crippen molar-refractivity contribution in [1.82, 2.24) is 8.96 Å². The molecule has 0 saturated carbocycles. The molecule has 0 amide bonds. The monoisotopic (exact) mass is 382 g/mol. The van der Waals surface area contributed by atoms with Crippen molar-refractivity contribution in [3.8, 4) is 0 Å². The van der Waals surface area contributed by atoms with Crippen LogP contribution in [-0.4, -0.2) is 35.3 Å². The Labute approximate surface area is 156 Å². The van der Waals surface area contributed by atoms with Gasteiger partial charge >= 0.3 is 11.9 Å². The van der Waals surface area contributed by atoms with E-state index in [1.165, 1.54) is 22.3 Å². The summed E-state index contributed by atoms with van der Waals surface area (Å²) in [5, 5.41) is 18.1. The van der Waals surface area contributed by atoms with Gasteiger partial charge in [-0.3, -0.25) is 0 Å². The molecule has 2 heterocycles. The number of nitrogens with zero attached hydrogens (tertiary/aromatic N) is 2. The largest absolute Gasteiger partial charge is 0.478 e. The van der Waals surface area contributed by atoms with Crippen LogP contribution in [-0.2, 0) is 20.6 Å². The molecule has 0 aliphatic heterocycles. The Morgan fingerprint density at radius 3 is 2.41 bits per heavy atom. The van der Waals surface area contributed by atoms with Gasteiger partial charge in [0.05, 0.1) is 4.90 Å². The number of aliphatic carboxylic acids is 2. The van der Waals surface area contributed by atoms with E-state index in [9.17, 15) is 13.8 Å². The molecule has 0 radical (unpaired) electrons. The van der Waals surface area contributed by atoms with Crippen molar-refractivity contribution in [3.63, 3.8) is 0 Å². The molecule has 8 heteroatoms. The van der Waals surface area contributed by atoms with Gasteiger partial charge in [-0.2, -0.15) is 0 Å². The second-order valence-corrected chi connectivity index (χ2v) is 6.85. The molecule has 1 unspecified atom stereocenters. The van der Waals surface area contributed by atoms with Gasteiger partial charge < -0.3 is 10.2 Å². The topological polar surface area (TPSA) is 109 Å². The molecule has 0 fully saturated rings. The Morgan fingerprint density at radius 2 is 1.70 bits per heavy atom. The number of pyridine rings is 1. The van der Waals surface area contributed by atoms with Crippen molar-refractivity contribution >= 4 is 46.1 Å². The quantitative estimate of drug-likeness (QED) is 0.635. The normalized spacial score (nSPS) is 12.7. The molecule has 0 aliphatic rings. The van der Waals surface area contributed by atoms with Crippen LogP contribution >= 0.6 is 0 Å². The zero-order chi connectivity index (χ0) is 19.4. The number of carbonyl (C=O) groups is 2. The van der Waals surface area contributed by atoms with Crippen LogP contribution in [0.3, 0.4) is 0 Å². The molecule has 3 aromatic rings. The summed E-state index contributed by atoms with van der Waals surface area (Å²) in [6.45, 7) is 0. The summed E-state index contributed by atoms with van der Waals surface area (Å²) >= 11 is 0. The summed E-state index contributed by atoms with van der Waals surface area (Å²) in [6.07, 6.45) is 8.03. The molecule has 0 aliphatic carbocycles. The smallest absolute Gasteiger partial charge is 0.328 e. The third-order valence-corrected chi connectivity index (χ3v) is 4.90. The predicted octanol–water partition coefficient (Wildman–Crippen LogP) is 2.80. The van der Waals surface area contributed by atoms with Gasteiger partial charge in [0.15, 0.2) is 16.6 Å². The van der Waals surface area contributed by atoms with Gasteiger partial charge in [0, 0.05) is 29.9 Å². The first-order valence-corrected chi connectivity index (χ1v) is 8.86. The van der Waals surface area contributed by atoms with Crippen molar-refractivity contribution in [2.75, 3.05) is 0 Å². The van der Waals surface area contributed by atoms with Gasteiger partial charge in [0.1, 0.15) is 0 Å². The number of carboxylic acid groups (broad SMARTS) is 2. The summed E-state index contributed by atoms with van der Waals surface area (Å²) in [5.74, 6) is -2.11. The molecule has 2 N–H and O–H groups in total. The lowest BCUT2D eigenvalue weighted by Crippen LogP contribution is -2.04. The minimum absolute atomic E-state index is 0.493. The average molecular weight is 382 g/mol. The van der Waals surface area contributed by atoms with Crippen LogP contribution in [0.2, 0.25) is 0 Å². The summed E-state index contributed by atoms with van der Waals surface area (Å²) in [7, 11) is -1.57. The van der Waals surface area contributed by atoms with Crippen molar-refractivity contribution in [1.29, 1.82) is 0 Å². The molecule has 3 rings (SSSR count). The fraction of sp³-hybridized carbons (Fsp3) is 0. The Kier molecular flexibility index (Phi) is 5.28. The van der Waals surface area contributed by atoms with Crippen LogP contribution in [0.5, 0.6) is 0 Å². The van der Waals surface area contributed by atoms with E-state index in [0.717, 1.165) is 17.5 Å². The predicted molar refractivity (Wildman–Crippen MR) is 101 cm³/mol. The minimum Gasteiger partial charge on any atom is -0.478 e. The lowest BCUT2D eigenvalue weighted by molar-refractivity contribution is -0.132. The highest BCUT2D eigenvalue weighted by Crippen LogP contribution is 2.20. The van der Waals surface area contributed by atoms with Gasteiger partial charge in [-0.15, -0.1) is 0 Å². The van der Waals surface area contributed by atoms with E-state index in [1.807, 2.05) is 0 Å². The van der Waals surface area contributed by atoms with E-state index in [1.54, 1.807) is 42.6 Å². The number of carboxylic acids is 2. The Morgan fingerprint density at radius 1 is 1.00 bits per heavy atom. The van der Waals surface area contributed by atoms with Gasteiger partial charge in [-0.05, 0) is 47.5 Å². The fourth-order valence-electron chi connectivity index (χ4n) is 2.42. The lowest BCUT2D eigenvalue weighted by atomic mass is 10.2. The third kappa shape index (κ3) is 4.36. The lowest BCUT2D eigenvalue weighted by Gasteiger charge is -2.06. The van der Waals surface area contributed by atoms with Crippen LogP contribution in [0.1, 0.15) is 11.1 Å². The van der Waals surface area contributed by atoms with Crippen LogP contribution in [0.4, 0.5) is 0 Å². The summed E-state index contributed by atoms with van der Waals surface area (Å²) in [4.78, 5) is 26.0. The second-order valence-electron chi connectivity index (χ2n) is 5.49. The maximum absolute atomic E-state index is 12.9. The van der Waals surface area contributed by atoms with Gasteiger partial charge in [-0.1, -0.05) is 12.1 Å². The molecule has 136 valence electrons. The van der Waals surface area contributed by atoms with Crippen LogP contribution in [0.25, 0.3) is 23.2 Å². The number of fused-ring (bicyclic) bond motifs is 1. The standard InChI is InChI=1S/C19H14N2O5S/c22-17(23)6-4-13-2-1-3-16(11-13)27(26)21-9-8-15-10-14(5-7-18(24)25)12-20-19(15)21/h1-12H,(H,22,23)(H,24,25)/b6-4+,7-5+. The molecule has 0 bridgehead atoms. The number of aromatic nitrogens is 2. The van der Waals surface area contributed by atoms with E-state index in [0.29, 0.717) is 21.7 Å². The second kappa shape index (κ2) is 7.79. The molecule has 1 aromatic carbocycles. The highest BCUT2D eigenvalue weighted by atomic mass is 32.2. The summed E-state index contributed by atoms with van der Waals surface area (Å²) in [5.41, 5.74) is 1.73. The Hall–Kier alpha value is -3.52. The van der Waals surface area contributed by atoms with Crippen molar-refractivity contribution in [3.05, 3.63) is 72.1 Å². The number of benzene rings is 1. The first-order chi connectivity index (χ1) is 12.9. The molecule has 27 heavy (non-hydrogen) atoms. The Balaban J connectivity index is 1.93. The zero-order valence-electron chi connectivity index (χ0n) is 13.9. The van der Waals surface area contributed by atoms with Gasteiger partial charge in [0.25, 0.3) is 0 Å². The fourth-order valence-corrected chi connectivity index (χ4v) is 3.56. The highest BCUT2D eigenvalue weighted by molar-refractivity contribution is 7.83. The molecule has 1 atom stereocenters. The maximum Gasteiger partial charge on any atom is 0.328 e. The summed E-state index contributed by atoms with van der Waals surface area (Å²) < 4.78 is 14.4. The van der Waals surface area contributed by atoms with E-state index in [4.69, 9.17) is 10.2 Å². The molecule has 0 saturated heterocycles. The first kappa shape index (κ1) is 18.3. The Bertz CT molecular complexity index is 1110. The molecular formula is C19H14N2O5S. The molecule has 2 aromatic heterocycles. The highest BCUT2D eigenvalue weighted by Gasteiger charge is 2.11. The minimum atomic E-state index is -1.57. The van der Waals surface area contributed by atoms with Crippen LogP contribution < -0.4 is 0 Å². The van der Waals surface area contributed by atoms with Gasteiger partial charge in [-0.25, -0.2) is 22.8 Å². The van der Waals surface area contributed by atoms with E-state index in [-0.39, 0.29) is 0 Å². The first-order valence-electron chi connectivity index (χ1n) is 7.75. The van der Waals surface area contributed by atoms with E-state index >= 15 is 0 Å². The number of hydrogen-bond donors (Lipinski definition) is 2. The molecule has 7 nitrogen and oxygen atoms in total. The van der Waals surface area contributed by atoms with Gasteiger partial charge in [0.2, 0.25) is 0 Å². The average Bonchev–Trinajstić information content (AvgIpc) is 3.07. The van der Waals surface area contributed by atoms with E-state index < -0.39 is 22.9 Å². The zero-order valence-corrected chi connectivity index (χ0v) is 14.7. The summed E-state index contributed by atoms with van der Waals surface area (Å²) in [6, 6.07) is 10.2. The van der Waals surface area contributed by atoms with Crippen molar-refractivity contribution in [2.24, 2.45) is 0 Å². The molecular weight excluding hydrogens is 368 g/mol. The molecule has 0 spiro atoms. The van der Waals surface area contributed by atoms with Crippen molar-refractivity contribution in [2.45, 2.75) is 4.90 Å². The van der Waals surface area contributed by atoms with Crippen molar-refractivity contribution < 1.29 is 24.0 Å². The van der Waals surface area contributed by atoms with Crippen LogP contribution in [0.15, 0.2) is 65.8 Å².